The minimum atomic E-state index is -3.75. The number of carbonyl (C=O) groups is 2. The predicted molar refractivity (Wildman–Crippen MR) is 126 cm³/mol. The number of hydrogen-bond donors (Lipinski definition) is 2. The van der Waals surface area contributed by atoms with Crippen LogP contribution in [0.5, 0.6) is 0 Å². The number of amides is 2. The molecular formula is C22H20ClN3O4S2. The van der Waals surface area contributed by atoms with Crippen LogP contribution in [-0.2, 0) is 10.0 Å². The van der Waals surface area contributed by atoms with Crippen LogP contribution in [-0.4, -0.2) is 37.6 Å². The highest BCUT2D eigenvalue weighted by atomic mass is 35.5. The van der Waals surface area contributed by atoms with Gasteiger partial charge in [0.25, 0.3) is 11.8 Å². The molecule has 1 saturated heterocycles. The summed E-state index contributed by atoms with van der Waals surface area (Å²) in [6.45, 7) is 0.902. The van der Waals surface area contributed by atoms with Gasteiger partial charge in [-0.1, -0.05) is 29.8 Å². The Balaban J connectivity index is 1.57. The van der Waals surface area contributed by atoms with Crippen molar-refractivity contribution in [3.8, 4) is 0 Å². The van der Waals surface area contributed by atoms with Crippen LogP contribution < -0.4 is 10.6 Å². The number of nitrogens with zero attached hydrogens (tertiary/aromatic N) is 1. The van der Waals surface area contributed by atoms with Gasteiger partial charge >= 0.3 is 0 Å². The van der Waals surface area contributed by atoms with E-state index in [0.717, 1.165) is 12.8 Å². The van der Waals surface area contributed by atoms with Crippen LogP contribution in [0.4, 0.5) is 11.4 Å². The number of para-hydroxylation sites is 1. The fraction of sp³-hybridized carbons (Fsp3) is 0.182. The van der Waals surface area contributed by atoms with Crippen LogP contribution in [0.15, 0.2) is 64.9 Å². The van der Waals surface area contributed by atoms with E-state index >= 15 is 0 Å². The molecule has 0 saturated carbocycles. The van der Waals surface area contributed by atoms with Crippen LogP contribution >= 0.6 is 22.9 Å². The zero-order valence-electron chi connectivity index (χ0n) is 16.9. The lowest BCUT2D eigenvalue weighted by atomic mass is 10.1. The lowest BCUT2D eigenvalue weighted by Gasteiger charge is -2.17. The van der Waals surface area contributed by atoms with E-state index in [9.17, 15) is 18.0 Å². The lowest BCUT2D eigenvalue weighted by Crippen LogP contribution is -2.28. The van der Waals surface area contributed by atoms with Gasteiger partial charge in [-0.3, -0.25) is 9.59 Å². The molecule has 2 N–H and O–H groups in total. The van der Waals surface area contributed by atoms with Gasteiger partial charge in [-0.15, -0.1) is 11.3 Å². The van der Waals surface area contributed by atoms with Gasteiger partial charge in [0.15, 0.2) is 0 Å². The molecule has 1 fully saturated rings. The summed E-state index contributed by atoms with van der Waals surface area (Å²) >= 11 is 7.48. The van der Waals surface area contributed by atoms with Crippen molar-refractivity contribution >= 4 is 56.2 Å². The molecule has 1 aromatic heterocycles. The molecule has 10 heteroatoms. The van der Waals surface area contributed by atoms with Crippen LogP contribution in [0.2, 0.25) is 5.02 Å². The van der Waals surface area contributed by atoms with Gasteiger partial charge in [0.05, 0.1) is 21.2 Å². The number of carbonyl (C=O) groups excluding carboxylic acids is 2. The number of sulfonamides is 1. The van der Waals surface area contributed by atoms with Gasteiger partial charge in [0.2, 0.25) is 10.0 Å². The second-order valence-corrected chi connectivity index (χ2v) is 10.4. The Bertz CT molecular complexity index is 1250. The van der Waals surface area contributed by atoms with Gasteiger partial charge < -0.3 is 10.6 Å². The zero-order valence-corrected chi connectivity index (χ0v) is 19.3. The Kier molecular flexibility index (Phi) is 6.61. The van der Waals surface area contributed by atoms with E-state index in [1.54, 1.807) is 41.8 Å². The normalized spacial score (nSPS) is 14.3. The minimum Gasteiger partial charge on any atom is -0.322 e. The third-order valence-electron chi connectivity index (χ3n) is 5.04. The highest BCUT2D eigenvalue weighted by molar-refractivity contribution is 7.89. The monoisotopic (exact) mass is 489 g/mol. The number of rotatable bonds is 6. The molecule has 4 rings (SSSR count). The van der Waals surface area contributed by atoms with Gasteiger partial charge in [0.1, 0.15) is 4.90 Å². The summed E-state index contributed by atoms with van der Waals surface area (Å²) in [6.07, 6.45) is 1.61. The third-order valence-corrected chi connectivity index (χ3v) is 8.29. The second-order valence-electron chi connectivity index (χ2n) is 7.19. The summed E-state index contributed by atoms with van der Waals surface area (Å²) < 4.78 is 27.3. The van der Waals surface area contributed by atoms with E-state index in [4.69, 9.17) is 11.6 Å². The van der Waals surface area contributed by atoms with E-state index in [-0.39, 0.29) is 27.1 Å². The second kappa shape index (κ2) is 9.41. The Labute approximate surface area is 195 Å². The highest BCUT2D eigenvalue weighted by Gasteiger charge is 2.29. The number of halogens is 1. The molecule has 0 unspecified atom stereocenters. The summed E-state index contributed by atoms with van der Waals surface area (Å²) in [5, 5.41) is 7.35. The van der Waals surface area contributed by atoms with E-state index < -0.39 is 15.9 Å². The van der Waals surface area contributed by atoms with E-state index in [0.29, 0.717) is 23.7 Å². The molecule has 0 bridgehead atoms. The number of thiophene rings is 1. The SMILES string of the molecule is O=C(Nc1ccccc1C(=O)Nc1ccc(Cl)c(S(=O)(=O)N2CCCC2)c1)c1cccs1. The van der Waals surface area contributed by atoms with Crippen LogP contribution in [0.1, 0.15) is 32.9 Å². The molecule has 3 aromatic rings. The van der Waals surface area contributed by atoms with Crippen molar-refractivity contribution in [2.24, 2.45) is 0 Å². The predicted octanol–water partition coefficient (Wildman–Crippen LogP) is 4.69. The van der Waals surface area contributed by atoms with Crippen molar-refractivity contribution in [2.45, 2.75) is 17.7 Å². The van der Waals surface area contributed by atoms with Crippen molar-refractivity contribution in [3.63, 3.8) is 0 Å². The van der Waals surface area contributed by atoms with Gasteiger partial charge in [-0.25, -0.2) is 8.42 Å². The number of benzene rings is 2. The van der Waals surface area contributed by atoms with Crippen molar-refractivity contribution < 1.29 is 18.0 Å². The smallest absolute Gasteiger partial charge is 0.265 e. The van der Waals surface area contributed by atoms with E-state index in [1.165, 1.54) is 33.8 Å². The first-order valence-corrected chi connectivity index (χ1v) is 12.6. The summed E-state index contributed by atoms with van der Waals surface area (Å²) in [6, 6.07) is 14.4. The standard InChI is InChI=1S/C22H20ClN3O4S2/c23-17-10-9-15(14-20(17)32(29,30)26-11-3-4-12-26)24-21(27)16-6-1-2-7-18(16)25-22(28)19-8-5-13-31-19/h1-2,5-10,13-14H,3-4,11-12H2,(H,24,27)(H,25,28). The molecule has 0 atom stereocenters. The molecule has 2 heterocycles. The number of anilines is 2. The van der Waals surface area contributed by atoms with Crippen molar-refractivity contribution in [2.75, 3.05) is 23.7 Å². The lowest BCUT2D eigenvalue weighted by molar-refractivity contribution is 0.102. The zero-order chi connectivity index (χ0) is 22.7. The maximum absolute atomic E-state index is 13.0. The Hall–Kier alpha value is -2.72. The third kappa shape index (κ3) is 4.71. The first kappa shape index (κ1) is 22.5. The maximum atomic E-state index is 13.0. The Morgan fingerprint density at radius 2 is 1.69 bits per heavy atom. The summed E-state index contributed by atoms with van der Waals surface area (Å²) in [5.74, 6) is -0.801. The first-order chi connectivity index (χ1) is 15.4. The fourth-order valence-corrected chi connectivity index (χ4v) is 6.06. The number of hydrogen-bond acceptors (Lipinski definition) is 5. The van der Waals surface area contributed by atoms with Gasteiger partial charge in [-0.2, -0.15) is 4.31 Å². The van der Waals surface area contributed by atoms with Crippen molar-refractivity contribution in [1.82, 2.24) is 4.31 Å². The molecule has 2 aromatic carbocycles. The molecule has 2 amide bonds. The quantitative estimate of drug-likeness (QED) is 0.525. The molecule has 1 aliphatic heterocycles. The van der Waals surface area contributed by atoms with Crippen LogP contribution in [0, 0.1) is 0 Å². The van der Waals surface area contributed by atoms with Crippen LogP contribution in [0.3, 0.4) is 0 Å². The molecule has 0 aliphatic carbocycles. The average Bonchev–Trinajstić information content (AvgIpc) is 3.50. The van der Waals surface area contributed by atoms with E-state index in [1.807, 2.05) is 0 Å². The minimum absolute atomic E-state index is 0.0434. The highest BCUT2D eigenvalue weighted by Crippen LogP contribution is 2.30. The molecule has 7 nitrogen and oxygen atoms in total. The van der Waals surface area contributed by atoms with E-state index in [2.05, 4.69) is 10.6 Å². The Morgan fingerprint density at radius 1 is 0.938 bits per heavy atom. The van der Waals surface area contributed by atoms with Crippen LogP contribution in [0.25, 0.3) is 0 Å². The van der Waals surface area contributed by atoms with Gasteiger partial charge in [0, 0.05) is 18.8 Å². The maximum Gasteiger partial charge on any atom is 0.265 e. The number of nitrogens with one attached hydrogen (secondary N) is 2. The molecule has 32 heavy (non-hydrogen) atoms. The molecule has 0 spiro atoms. The summed E-state index contributed by atoms with van der Waals surface area (Å²) in [7, 11) is -3.75. The van der Waals surface area contributed by atoms with Gasteiger partial charge in [-0.05, 0) is 54.6 Å². The molecule has 0 radical (unpaired) electrons. The fourth-order valence-electron chi connectivity index (χ4n) is 3.43. The summed E-state index contributed by atoms with van der Waals surface area (Å²) in [4.78, 5) is 25.8. The molecule has 166 valence electrons. The molecule has 1 aliphatic rings. The molecular weight excluding hydrogens is 470 g/mol. The largest absolute Gasteiger partial charge is 0.322 e. The first-order valence-electron chi connectivity index (χ1n) is 9.91. The topological polar surface area (TPSA) is 95.6 Å². The Morgan fingerprint density at radius 3 is 2.41 bits per heavy atom. The average molecular weight is 490 g/mol. The van der Waals surface area contributed by atoms with Crippen molar-refractivity contribution in [1.29, 1.82) is 0 Å². The van der Waals surface area contributed by atoms with Crippen molar-refractivity contribution in [3.05, 3.63) is 75.4 Å². The summed E-state index contributed by atoms with van der Waals surface area (Å²) in [5.41, 5.74) is 0.884.